The maximum Gasteiger partial charge on any atom is 0.313 e. The Morgan fingerprint density at radius 2 is 2.16 bits per heavy atom. The molecule has 8 heteroatoms. The van der Waals surface area contributed by atoms with E-state index in [-0.39, 0.29) is 5.75 Å². The molecule has 7 nitrogen and oxygen atoms in total. The predicted octanol–water partition coefficient (Wildman–Crippen LogP) is 0.955. The van der Waals surface area contributed by atoms with Crippen LogP contribution in [0.5, 0.6) is 0 Å². The Hall–Kier alpha value is -1.83. The van der Waals surface area contributed by atoms with Gasteiger partial charge in [0.15, 0.2) is 11.0 Å². The van der Waals surface area contributed by atoms with Crippen molar-refractivity contribution in [3.63, 3.8) is 0 Å². The third-order valence-electron chi connectivity index (χ3n) is 2.64. The van der Waals surface area contributed by atoms with E-state index in [4.69, 9.17) is 5.11 Å². The number of nitrogens with zero attached hydrogens (tertiary/aromatic N) is 5. The van der Waals surface area contributed by atoms with E-state index in [9.17, 15) is 4.79 Å². The highest BCUT2D eigenvalue weighted by molar-refractivity contribution is 7.99. The maximum absolute atomic E-state index is 10.6. The van der Waals surface area contributed by atoms with Gasteiger partial charge in [-0.05, 0) is 6.42 Å². The smallest absolute Gasteiger partial charge is 0.313 e. The second-order valence-electron chi connectivity index (χ2n) is 4.06. The molecule has 0 aliphatic heterocycles. The molecule has 2 rings (SSSR count). The molecule has 0 radical (unpaired) electrons. The van der Waals surface area contributed by atoms with Gasteiger partial charge >= 0.3 is 5.97 Å². The molecule has 2 heterocycles. The van der Waals surface area contributed by atoms with Gasteiger partial charge in [-0.3, -0.25) is 9.48 Å². The Kier molecular flexibility index (Phi) is 3.89. The van der Waals surface area contributed by atoms with Crippen LogP contribution in [0.1, 0.15) is 12.6 Å². The lowest BCUT2D eigenvalue weighted by Gasteiger charge is -2.02. The Labute approximate surface area is 114 Å². The number of carboxylic acid groups (broad SMARTS) is 1. The van der Waals surface area contributed by atoms with Crippen molar-refractivity contribution in [2.75, 3.05) is 5.75 Å². The highest BCUT2D eigenvalue weighted by Crippen LogP contribution is 2.24. The molecule has 2 aromatic heterocycles. The number of aromatic nitrogens is 5. The molecular formula is C11H15N5O2S. The number of aryl methyl sites for hydroxylation is 2. The number of carbonyl (C=O) groups is 1. The summed E-state index contributed by atoms with van der Waals surface area (Å²) < 4.78 is 3.54. The first-order valence-corrected chi connectivity index (χ1v) is 6.78. The summed E-state index contributed by atoms with van der Waals surface area (Å²) in [6, 6.07) is 0. The summed E-state index contributed by atoms with van der Waals surface area (Å²) >= 11 is 1.15. The second-order valence-corrected chi connectivity index (χ2v) is 5.01. The molecule has 0 aliphatic carbocycles. The largest absolute Gasteiger partial charge is 0.481 e. The normalized spacial score (nSPS) is 10.9. The van der Waals surface area contributed by atoms with E-state index in [0.717, 1.165) is 29.4 Å². The summed E-state index contributed by atoms with van der Waals surface area (Å²) in [5.74, 6) is -0.192. The third kappa shape index (κ3) is 2.78. The molecule has 1 N–H and O–H groups in total. The molecule has 19 heavy (non-hydrogen) atoms. The third-order valence-corrected chi connectivity index (χ3v) is 3.65. The summed E-state index contributed by atoms with van der Waals surface area (Å²) in [7, 11) is 3.69. The molecule has 0 saturated heterocycles. The molecular weight excluding hydrogens is 266 g/mol. The monoisotopic (exact) mass is 281 g/mol. The van der Waals surface area contributed by atoms with Gasteiger partial charge in [-0.2, -0.15) is 5.10 Å². The minimum Gasteiger partial charge on any atom is -0.481 e. The lowest BCUT2D eigenvalue weighted by atomic mass is 10.2. The van der Waals surface area contributed by atoms with Gasteiger partial charge < -0.3 is 9.67 Å². The van der Waals surface area contributed by atoms with E-state index >= 15 is 0 Å². The Morgan fingerprint density at radius 3 is 2.79 bits per heavy atom. The average Bonchev–Trinajstić information content (AvgIpc) is 2.89. The van der Waals surface area contributed by atoms with Crippen molar-refractivity contribution in [2.24, 2.45) is 14.1 Å². The zero-order valence-corrected chi connectivity index (χ0v) is 11.8. The van der Waals surface area contributed by atoms with Gasteiger partial charge in [-0.25, -0.2) is 0 Å². The topological polar surface area (TPSA) is 85.8 Å². The van der Waals surface area contributed by atoms with Crippen molar-refractivity contribution in [1.82, 2.24) is 24.5 Å². The van der Waals surface area contributed by atoms with Crippen molar-refractivity contribution in [3.8, 4) is 11.4 Å². The van der Waals surface area contributed by atoms with Gasteiger partial charge in [0.05, 0.1) is 17.0 Å². The molecule has 0 atom stereocenters. The van der Waals surface area contributed by atoms with Crippen LogP contribution in [0.2, 0.25) is 0 Å². The van der Waals surface area contributed by atoms with Gasteiger partial charge in [-0.1, -0.05) is 18.7 Å². The zero-order chi connectivity index (χ0) is 14.0. The quantitative estimate of drug-likeness (QED) is 0.821. The number of hydrogen-bond donors (Lipinski definition) is 1. The van der Waals surface area contributed by atoms with Gasteiger partial charge in [0.25, 0.3) is 0 Å². The van der Waals surface area contributed by atoms with Crippen molar-refractivity contribution < 1.29 is 9.90 Å². The predicted molar refractivity (Wildman–Crippen MR) is 70.9 cm³/mol. The van der Waals surface area contributed by atoms with E-state index < -0.39 is 5.97 Å². The summed E-state index contributed by atoms with van der Waals surface area (Å²) in [5, 5.41) is 21.8. The van der Waals surface area contributed by atoms with Crippen LogP contribution in [0, 0.1) is 0 Å². The van der Waals surface area contributed by atoms with E-state index in [2.05, 4.69) is 15.3 Å². The number of hydrogen-bond acceptors (Lipinski definition) is 5. The van der Waals surface area contributed by atoms with Crippen molar-refractivity contribution in [2.45, 2.75) is 18.5 Å². The molecule has 0 saturated carbocycles. The fraction of sp³-hybridized carbons (Fsp3) is 0.455. The van der Waals surface area contributed by atoms with Crippen molar-refractivity contribution in [3.05, 3.63) is 11.9 Å². The molecule has 0 bridgehead atoms. The fourth-order valence-corrected chi connectivity index (χ4v) is 2.42. The van der Waals surface area contributed by atoms with Gasteiger partial charge in [0.2, 0.25) is 0 Å². The molecule has 0 aliphatic rings. The second kappa shape index (κ2) is 5.43. The first-order chi connectivity index (χ1) is 9.02. The van der Waals surface area contributed by atoms with Crippen LogP contribution in [0.25, 0.3) is 11.4 Å². The summed E-state index contributed by atoms with van der Waals surface area (Å²) in [5.41, 5.74) is 1.88. The maximum atomic E-state index is 10.6. The van der Waals surface area contributed by atoms with Crippen LogP contribution in [0.15, 0.2) is 11.4 Å². The van der Waals surface area contributed by atoms with Gasteiger partial charge in [0.1, 0.15) is 0 Å². The Bertz CT molecular complexity index is 604. The highest BCUT2D eigenvalue weighted by atomic mass is 32.2. The van der Waals surface area contributed by atoms with Gasteiger partial charge in [0, 0.05) is 20.3 Å². The van der Waals surface area contributed by atoms with Crippen LogP contribution in [-0.2, 0) is 25.3 Å². The average molecular weight is 281 g/mol. The fourth-order valence-electron chi connectivity index (χ4n) is 1.78. The van der Waals surface area contributed by atoms with Crippen LogP contribution >= 0.6 is 11.8 Å². The minimum atomic E-state index is -0.870. The Morgan fingerprint density at radius 1 is 1.42 bits per heavy atom. The van der Waals surface area contributed by atoms with E-state index in [1.54, 1.807) is 9.25 Å². The van der Waals surface area contributed by atoms with Gasteiger partial charge in [-0.15, -0.1) is 10.2 Å². The van der Waals surface area contributed by atoms with E-state index in [1.807, 2.05) is 27.2 Å². The number of thioether (sulfide) groups is 1. The molecule has 102 valence electrons. The minimum absolute atomic E-state index is 0.0281. The molecule has 2 aromatic rings. The summed E-state index contributed by atoms with van der Waals surface area (Å²) in [6.07, 6.45) is 2.70. The molecule has 0 aromatic carbocycles. The lowest BCUT2D eigenvalue weighted by molar-refractivity contribution is -0.133. The van der Waals surface area contributed by atoms with Crippen LogP contribution in [-0.4, -0.2) is 41.4 Å². The van der Waals surface area contributed by atoms with Crippen molar-refractivity contribution in [1.29, 1.82) is 0 Å². The van der Waals surface area contributed by atoms with Crippen LogP contribution in [0.4, 0.5) is 0 Å². The van der Waals surface area contributed by atoms with E-state index in [0.29, 0.717) is 11.0 Å². The van der Waals surface area contributed by atoms with Crippen LogP contribution in [0.3, 0.4) is 0 Å². The van der Waals surface area contributed by atoms with E-state index in [1.165, 1.54) is 0 Å². The molecule has 0 fully saturated rings. The first kappa shape index (κ1) is 13.6. The standard InChI is InChI=1S/C11H15N5O2S/c1-4-8-7(5-15(2)14-8)10-12-13-11(16(10)3)19-6-9(17)18/h5H,4,6H2,1-3H3,(H,17,18). The zero-order valence-electron chi connectivity index (χ0n) is 11.0. The highest BCUT2D eigenvalue weighted by Gasteiger charge is 2.17. The van der Waals surface area contributed by atoms with Crippen LogP contribution < -0.4 is 0 Å². The number of aliphatic carboxylic acids is 1. The number of rotatable bonds is 5. The Balaban J connectivity index is 2.33. The SMILES string of the molecule is CCc1nn(C)cc1-c1nnc(SCC(=O)O)n1C. The molecule has 0 spiro atoms. The molecule has 0 unspecified atom stereocenters. The number of carboxylic acids is 1. The summed E-state index contributed by atoms with van der Waals surface area (Å²) in [4.78, 5) is 10.6. The summed E-state index contributed by atoms with van der Waals surface area (Å²) in [6.45, 7) is 2.03. The first-order valence-electron chi connectivity index (χ1n) is 5.79. The van der Waals surface area contributed by atoms with Crippen molar-refractivity contribution >= 4 is 17.7 Å². The lowest BCUT2D eigenvalue weighted by Crippen LogP contribution is -2.01. The molecule has 0 amide bonds.